The van der Waals surface area contributed by atoms with Crippen molar-refractivity contribution in [2.45, 2.75) is 6.54 Å². The molecule has 2 rings (SSSR count). The molecule has 6 heteroatoms. The van der Waals surface area contributed by atoms with Gasteiger partial charge in [0, 0.05) is 19.6 Å². The molecule has 0 atom stereocenters. The van der Waals surface area contributed by atoms with E-state index in [2.05, 4.69) is 10.3 Å². The first-order valence-corrected chi connectivity index (χ1v) is 7.49. The van der Waals surface area contributed by atoms with Gasteiger partial charge in [-0.05, 0) is 19.2 Å². The topological polar surface area (TPSA) is 62.3 Å². The van der Waals surface area contributed by atoms with Crippen molar-refractivity contribution in [1.29, 1.82) is 0 Å². The van der Waals surface area contributed by atoms with Crippen LogP contribution in [0.3, 0.4) is 0 Å². The number of hydrogen-bond acceptors (Lipinski definition) is 5. The number of nitrogens with zero attached hydrogens (tertiary/aromatic N) is 2. The van der Waals surface area contributed by atoms with Crippen LogP contribution >= 0.6 is 0 Å². The predicted molar refractivity (Wildman–Crippen MR) is 67.9 cm³/mol. The molecule has 1 aliphatic rings. The predicted octanol–water partition coefficient (Wildman–Crippen LogP) is 0.0358. The van der Waals surface area contributed by atoms with E-state index in [0.29, 0.717) is 13.1 Å². The fraction of sp³-hybridized carbons (Fsp3) is 0.545. The highest BCUT2D eigenvalue weighted by molar-refractivity contribution is 7.91. The monoisotopic (exact) mass is 255 g/mol. The lowest BCUT2D eigenvalue weighted by Crippen LogP contribution is -2.40. The lowest BCUT2D eigenvalue weighted by atomic mass is 10.3. The van der Waals surface area contributed by atoms with E-state index in [1.54, 1.807) is 0 Å². The maximum absolute atomic E-state index is 11.3. The Labute approximate surface area is 102 Å². The first-order valence-electron chi connectivity index (χ1n) is 5.67. The maximum Gasteiger partial charge on any atom is 0.153 e. The first-order chi connectivity index (χ1) is 8.11. The number of hydrogen-bond donors (Lipinski definition) is 1. The minimum Gasteiger partial charge on any atom is -0.355 e. The minimum absolute atomic E-state index is 0.227. The van der Waals surface area contributed by atoms with Gasteiger partial charge in [-0.1, -0.05) is 6.07 Å². The third-order valence-electron chi connectivity index (χ3n) is 2.82. The van der Waals surface area contributed by atoms with Crippen LogP contribution in [0.2, 0.25) is 0 Å². The van der Waals surface area contributed by atoms with Crippen LogP contribution in [0.15, 0.2) is 18.2 Å². The van der Waals surface area contributed by atoms with Gasteiger partial charge in [0.15, 0.2) is 9.84 Å². The SMILES string of the molecule is CNCc1cccc(N2CCS(=O)(=O)CC2)n1. The molecule has 0 aliphatic carbocycles. The Hall–Kier alpha value is -1.14. The molecule has 2 heterocycles. The van der Waals surface area contributed by atoms with Crippen LogP contribution in [-0.4, -0.2) is 45.0 Å². The molecule has 0 radical (unpaired) electrons. The van der Waals surface area contributed by atoms with Gasteiger partial charge in [-0.3, -0.25) is 0 Å². The van der Waals surface area contributed by atoms with Gasteiger partial charge >= 0.3 is 0 Å². The summed E-state index contributed by atoms with van der Waals surface area (Å²) in [6.07, 6.45) is 0. The molecular formula is C11H17N3O2S. The smallest absolute Gasteiger partial charge is 0.153 e. The second-order valence-electron chi connectivity index (χ2n) is 4.16. The normalized spacial score (nSPS) is 19.2. The highest BCUT2D eigenvalue weighted by atomic mass is 32.2. The summed E-state index contributed by atoms with van der Waals surface area (Å²) in [5, 5.41) is 3.05. The lowest BCUT2D eigenvalue weighted by Gasteiger charge is -2.27. The molecule has 0 saturated carbocycles. The Morgan fingerprint density at radius 3 is 2.71 bits per heavy atom. The molecule has 1 saturated heterocycles. The molecule has 1 fully saturated rings. The van der Waals surface area contributed by atoms with E-state index in [9.17, 15) is 8.42 Å². The minimum atomic E-state index is -2.83. The fourth-order valence-corrected chi connectivity index (χ4v) is 3.07. The van der Waals surface area contributed by atoms with Crippen LogP contribution in [0.5, 0.6) is 0 Å². The molecule has 0 aromatic carbocycles. The molecule has 1 aromatic rings. The Bertz CT molecular complexity index is 473. The van der Waals surface area contributed by atoms with Gasteiger partial charge < -0.3 is 10.2 Å². The Morgan fingerprint density at radius 2 is 2.06 bits per heavy atom. The zero-order chi connectivity index (χ0) is 12.3. The molecule has 1 N–H and O–H groups in total. The summed E-state index contributed by atoms with van der Waals surface area (Å²) in [6.45, 7) is 1.80. The van der Waals surface area contributed by atoms with E-state index in [0.717, 1.165) is 18.1 Å². The molecule has 0 amide bonds. The van der Waals surface area contributed by atoms with Crippen molar-refractivity contribution in [2.24, 2.45) is 0 Å². The standard InChI is InChI=1S/C11H17N3O2S/c1-12-9-10-3-2-4-11(13-10)14-5-7-17(15,16)8-6-14/h2-4,12H,5-9H2,1H3. The van der Waals surface area contributed by atoms with Gasteiger partial charge in [-0.2, -0.15) is 0 Å². The largest absolute Gasteiger partial charge is 0.355 e. The third kappa shape index (κ3) is 3.17. The number of nitrogens with one attached hydrogen (secondary N) is 1. The number of pyridine rings is 1. The van der Waals surface area contributed by atoms with Gasteiger partial charge in [0.2, 0.25) is 0 Å². The van der Waals surface area contributed by atoms with E-state index in [1.165, 1.54) is 0 Å². The number of anilines is 1. The molecule has 1 aromatic heterocycles. The van der Waals surface area contributed by atoms with E-state index in [1.807, 2.05) is 30.1 Å². The average Bonchev–Trinajstić information content (AvgIpc) is 2.30. The van der Waals surface area contributed by atoms with Gasteiger partial charge in [0.1, 0.15) is 5.82 Å². The number of sulfone groups is 1. The zero-order valence-electron chi connectivity index (χ0n) is 9.89. The van der Waals surface area contributed by atoms with E-state index < -0.39 is 9.84 Å². The van der Waals surface area contributed by atoms with Crippen molar-refractivity contribution in [2.75, 3.05) is 36.5 Å². The lowest BCUT2D eigenvalue weighted by molar-refractivity contribution is 0.586. The van der Waals surface area contributed by atoms with Gasteiger partial charge in [0.25, 0.3) is 0 Å². The van der Waals surface area contributed by atoms with E-state index in [-0.39, 0.29) is 11.5 Å². The summed E-state index contributed by atoms with van der Waals surface area (Å²) < 4.78 is 22.7. The van der Waals surface area contributed by atoms with Crippen molar-refractivity contribution in [3.63, 3.8) is 0 Å². The van der Waals surface area contributed by atoms with Crippen LogP contribution in [0.1, 0.15) is 5.69 Å². The molecule has 17 heavy (non-hydrogen) atoms. The van der Waals surface area contributed by atoms with Crippen molar-refractivity contribution in [3.8, 4) is 0 Å². The quantitative estimate of drug-likeness (QED) is 0.826. The van der Waals surface area contributed by atoms with Crippen molar-refractivity contribution in [1.82, 2.24) is 10.3 Å². The number of rotatable bonds is 3. The van der Waals surface area contributed by atoms with Crippen LogP contribution in [0, 0.1) is 0 Å². The Balaban J connectivity index is 2.10. The second-order valence-corrected chi connectivity index (χ2v) is 6.46. The highest BCUT2D eigenvalue weighted by Crippen LogP contribution is 2.15. The van der Waals surface area contributed by atoms with E-state index >= 15 is 0 Å². The molecule has 5 nitrogen and oxygen atoms in total. The summed E-state index contributed by atoms with van der Waals surface area (Å²) in [5.74, 6) is 1.32. The molecular weight excluding hydrogens is 238 g/mol. The summed E-state index contributed by atoms with van der Waals surface area (Å²) in [5.41, 5.74) is 0.971. The maximum atomic E-state index is 11.3. The van der Waals surface area contributed by atoms with Crippen LogP contribution in [-0.2, 0) is 16.4 Å². The Morgan fingerprint density at radius 1 is 1.35 bits per heavy atom. The van der Waals surface area contributed by atoms with Crippen molar-refractivity contribution in [3.05, 3.63) is 23.9 Å². The summed E-state index contributed by atoms with van der Waals surface area (Å²) in [7, 11) is -0.949. The second kappa shape index (κ2) is 5.01. The van der Waals surface area contributed by atoms with Gasteiger partial charge in [0.05, 0.1) is 17.2 Å². The van der Waals surface area contributed by atoms with Crippen LogP contribution < -0.4 is 10.2 Å². The van der Waals surface area contributed by atoms with Gasteiger partial charge in [-0.25, -0.2) is 13.4 Å². The molecule has 94 valence electrons. The fourth-order valence-electron chi connectivity index (χ4n) is 1.86. The van der Waals surface area contributed by atoms with Gasteiger partial charge in [-0.15, -0.1) is 0 Å². The zero-order valence-corrected chi connectivity index (χ0v) is 10.7. The van der Waals surface area contributed by atoms with Crippen molar-refractivity contribution < 1.29 is 8.42 Å². The summed E-state index contributed by atoms with van der Waals surface area (Å²) >= 11 is 0. The summed E-state index contributed by atoms with van der Waals surface area (Å²) in [6, 6.07) is 5.84. The van der Waals surface area contributed by atoms with Crippen LogP contribution in [0.25, 0.3) is 0 Å². The molecule has 1 aliphatic heterocycles. The molecule has 0 unspecified atom stereocenters. The average molecular weight is 255 g/mol. The van der Waals surface area contributed by atoms with E-state index in [4.69, 9.17) is 0 Å². The first kappa shape index (κ1) is 12.3. The molecule has 0 bridgehead atoms. The van der Waals surface area contributed by atoms with Crippen molar-refractivity contribution >= 4 is 15.7 Å². The molecule has 0 spiro atoms. The Kier molecular flexibility index (Phi) is 3.63. The third-order valence-corrected chi connectivity index (χ3v) is 4.43. The highest BCUT2D eigenvalue weighted by Gasteiger charge is 2.22. The summed E-state index contributed by atoms with van der Waals surface area (Å²) in [4.78, 5) is 6.53. The van der Waals surface area contributed by atoms with Crippen LogP contribution in [0.4, 0.5) is 5.82 Å². The number of aromatic nitrogens is 1.